The molecular weight excluding hydrogens is 345 g/mol. The lowest BCUT2D eigenvalue weighted by molar-refractivity contribution is 0.347. The number of halogens is 1. The molecule has 0 aromatic heterocycles. The normalized spacial score (nSPS) is 10.8. The molecule has 0 radical (unpaired) electrons. The summed E-state index contributed by atoms with van der Waals surface area (Å²) in [5.41, 5.74) is 2.11. The van der Waals surface area contributed by atoms with E-state index < -0.39 is 0 Å². The highest BCUT2D eigenvalue weighted by molar-refractivity contribution is 5.86. The van der Waals surface area contributed by atoms with Crippen molar-refractivity contribution in [1.29, 1.82) is 0 Å². The second-order valence-electron chi connectivity index (χ2n) is 6.20. The minimum absolute atomic E-state index is 0.190. The molecule has 3 aromatic rings. The van der Waals surface area contributed by atoms with E-state index in [0.717, 1.165) is 35.2 Å². The van der Waals surface area contributed by atoms with Gasteiger partial charge in [-0.15, -0.1) is 0 Å². The van der Waals surface area contributed by atoms with Gasteiger partial charge in [0.05, 0.1) is 21.3 Å². The van der Waals surface area contributed by atoms with Crippen LogP contribution < -0.4 is 19.5 Å². The number of ether oxygens (including phenoxy) is 3. The summed E-state index contributed by atoms with van der Waals surface area (Å²) in [6.07, 6.45) is 0.767. The van der Waals surface area contributed by atoms with Crippen molar-refractivity contribution in [2.45, 2.75) is 13.0 Å². The first kappa shape index (κ1) is 19.0. The molecular formula is C22H24FNO3. The van der Waals surface area contributed by atoms with Crippen LogP contribution in [0.15, 0.2) is 48.5 Å². The summed E-state index contributed by atoms with van der Waals surface area (Å²) in [6.45, 7) is 1.41. The first-order chi connectivity index (χ1) is 13.2. The average molecular weight is 369 g/mol. The zero-order valence-electron chi connectivity index (χ0n) is 15.8. The first-order valence-corrected chi connectivity index (χ1v) is 8.83. The number of methoxy groups -OCH3 is 3. The lowest BCUT2D eigenvalue weighted by Gasteiger charge is -2.14. The van der Waals surface area contributed by atoms with Crippen molar-refractivity contribution in [3.8, 4) is 17.2 Å². The zero-order valence-corrected chi connectivity index (χ0v) is 15.8. The molecule has 0 heterocycles. The molecule has 0 spiro atoms. The van der Waals surface area contributed by atoms with E-state index in [0.29, 0.717) is 23.4 Å². The van der Waals surface area contributed by atoms with Crippen LogP contribution in [0.5, 0.6) is 17.2 Å². The Morgan fingerprint density at radius 1 is 0.778 bits per heavy atom. The van der Waals surface area contributed by atoms with Gasteiger partial charge in [-0.25, -0.2) is 4.39 Å². The van der Waals surface area contributed by atoms with E-state index in [1.807, 2.05) is 42.5 Å². The number of fused-ring (bicyclic) bond motifs is 1. The summed E-state index contributed by atoms with van der Waals surface area (Å²) in [6, 6.07) is 14.7. The highest BCUT2D eigenvalue weighted by Crippen LogP contribution is 2.34. The zero-order chi connectivity index (χ0) is 19.2. The van der Waals surface area contributed by atoms with Crippen LogP contribution >= 0.6 is 0 Å². The molecule has 0 saturated heterocycles. The lowest BCUT2D eigenvalue weighted by atomic mass is 10.0. The van der Waals surface area contributed by atoms with E-state index in [2.05, 4.69) is 5.32 Å². The predicted molar refractivity (Wildman–Crippen MR) is 105 cm³/mol. The van der Waals surface area contributed by atoms with E-state index in [9.17, 15) is 4.39 Å². The Kier molecular flexibility index (Phi) is 6.14. The molecule has 3 rings (SSSR count). The maximum Gasteiger partial charge on any atom is 0.164 e. The summed E-state index contributed by atoms with van der Waals surface area (Å²) >= 11 is 0. The molecule has 1 N–H and O–H groups in total. The quantitative estimate of drug-likeness (QED) is 0.600. The molecule has 0 amide bonds. The second-order valence-corrected chi connectivity index (χ2v) is 6.20. The molecule has 0 saturated carbocycles. The third-order valence-electron chi connectivity index (χ3n) is 4.63. The first-order valence-electron chi connectivity index (χ1n) is 8.83. The van der Waals surface area contributed by atoms with Crippen LogP contribution in [0.1, 0.15) is 11.1 Å². The van der Waals surface area contributed by atoms with Crippen molar-refractivity contribution in [2.75, 3.05) is 27.9 Å². The third-order valence-corrected chi connectivity index (χ3v) is 4.63. The molecule has 0 fully saturated rings. The number of hydrogen-bond donors (Lipinski definition) is 1. The predicted octanol–water partition coefficient (Wildman–Crippen LogP) is 4.34. The largest absolute Gasteiger partial charge is 0.496 e. The maximum atomic E-state index is 13.9. The number of nitrogens with one attached hydrogen (secondary N) is 1. The van der Waals surface area contributed by atoms with Crippen molar-refractivity contribution in [3.63, 3.8) is 0 Å². The molecule has 0 bridgehead atoms. The van der Waals surface area contributed by atoms with Gasteiger partial charge in [0.25, 0.3) is 0 Å². The Balaban J connectivity index is 1.68. The summed E-state index contributed by atoms with van der Waals surface area (Å²) in [4.78, 5) is 0. The van der Waals surface area contributed by atoms with E-state index in [4.69, 9.17) is 14.2 Å². The SMILES string of the molecule is COc1cc(OC)c(OC)cc1CCNCc1ccc(F)c2ccccc12. The Labute approximate surface area is 158 Å². The number of benzene rings is 3. The topological polar surface area (TPSA) is 39.7 Å². The van der Waals surface area contributed by atoms with Crippen LogP contribution in [0, 0.1) is 5.82 Å². The molecule has 0 atom stereocenters. The summed E-state index contributed by atoms with van der Waals surface area (Å²) < 4.78 is 30.1. The molecule has 142 valence electrons. The molecule has 0 aliphatic rings. The van der Waals surface area contributed by atoms with E-state index in [-0.39, 0.29) is 5.82 Å². The van der Waals surface area contributed by atoms with Gasteiger partial charge in [-0.2, -0.15) is 0 Å². The van der Waals surface area contributed by atoms with Crippen LogP contribution in [0.4, 0.5) is 4.39 Å². The van der Waals surface area contributed by atoms with Gasteiger partial charge < -0.3 is 19.5 Å². The lowest BCUT2D eigenvalue weighted by Crippen LogP contribution is -2.17. The van der Waals surface area contributed by atoms with Gasteiger partial charge in [-0.05, 0) is 41.6 Å². The van der Waals surface area contributed by atoms with Gasteiger partial charge in [0.2, 0.25) is 0 Å². The smallest absolute Gasteiger partial charge is 0.164 e. The van der Waals surface area contributed by atoms with Crippen LogP contribution in [0.25, 0.3) is 10.8 Å². The van der Waals surface area contributed by atoms with Gasteiger partial charge in [0.15, 0.2) is 11.5 Å². The number of hydrogen-bond acceptors (Lipinski definition) is 4. The summed E-state index contributed by atoms with van der Waals surface area (Å²) in [5, 5.41) is 5.02. The Morgan fingerprint density at radius 3 is 2.15 bits per heavy atom. The Bertz CT molecular complexity index is 927. The van der Waals surface area contributed by atoms with E-state index >= 15 is 0 Å². The van der Waals surface area contributed by atoms with Crippen LogP contribution in [-0.2, 0) is 13.0 Å². The van der Waals surface area contributed by atoms with Crippen LogP contribution in [0.3, 0.4) is 0 Å². The Hall–Kier alpha value is -2.79. The van der Waals surface area contributed by atoms with E-state index in [1.54, 1.807) is 21.3 Å². The number of rotatable bonds is 8. The van der Waals surface area contributed by atoms with Gasteiger partial charge in [0.1, 0.15) is 11.6 Å². The summed E-state index contributed by atoms with van der Waals surface area (Å²) in [5.74, 6) is 1.90. The van der Waals surface area contributed by atoms with Crippen molar-refractivity contribution in [2.24, 2.45) is 0 Å². The van der Waals surface area contributed by atoms with Gasteiger partial charge >= 0.3 is 0 Å². The van der Waals surface area contributed by atoms with Crippen molar-refractivity contribution >= 4 is 10.8 Å². The van der Waals surface area contributed by atoms with Crippen molar-refractivity contribution < 1.29 is 18.6 Å². The van der Waals surface area contributed by atoms with Crippen molar-refractivity contribution in [3.05, 3.63) is 65.5 Å². The highest BCUT2D eigenvalue weighted by atomic mass is 19.1. The third kappa shape index (κ3) is 4.14. The molecule has 3 aromatic carbocycles. The second kappa shape index (κ2) is 8.73. The van der Waals surface area contributed by atoms with Crippen molar-refractivity contribution in [1.82, 2.24) is 5.32 Å². The highest BCUT2D eigenvalue weighted by Gasteiger charge is 2.12. The Morgan fingerprint density at radius 2 is 1.44 bits per heavy atom. The monoisotopic (exact) mass is 369 g/mol. The molecule has 4 nitrogen and oxygen atoms in total. The maximum absolute atomic E-state index is 13.9. The molecule has 0 aliphatic carbocycles. The minimum Gasteiger partial charge on any atom is -0.496 e. The molecule has 5 heteroatoms. The fourth-order valence-electron chi connectivity index (χ4n) is 3.21. The van der Waals surface area contributed by atoms with Gasteiger partial charge in [-0.1, -0.05) is 30.3 Å². The van der Waals surface area contributed by atoms with Gasteiger partial charge in [-0.3, -0.25) is 0 Å². The van der Waals surface area contributed by atoms with Crippen LogP contribution in [-0.4, -0.2) is 27.9 Å². The van der Waals surface area contributed by atoms with Gasteiger partial charge in [0, 0.05) is 18.0 Å². The fraction of sp³-hybridized carbons (Fsp3) is 0.273. The molecule has 27 heavy (non-hydrogen) atoms. The van der Waals surface area contributed by atoms with Crippen LogP contribution in [0.2, 0.25) is 0 Å². The molecule has 0 unspecified atom stereocenters. The minimum atomic E-state index is -0.190. The fourth-order valence-corrected chi connectivity index (χ4v) is 3.21. The standard InChI is InChI=1S/C22H24FNO3/c1-25-20-13-22(27-3)21(26-2)12-15(20)10-11-24-14-16-8-9-19(23)18-7-5-4-6-17(16)18/h4-9,12-13,24H,10-11,14H2,1-3H3. The summed E-state index contributed by atoms with van der Waals surface area (Å²) in [7, 11) is 4.86. The molecule has 0 aliphatic heterocycles. The van der Waals surface area contributed by atoms with E-state index in [1.165, 1.54) is 6.07 Å². The average Bonchev–Trinajstić information content (AvgIpc) is 2.72.